The van der Waals surface area contributed by atoms with E-state index in [1.165, 1.54) is 12.1 Å². The van der Waals surface area contributed by atoms with Gasteiger partial charge in [0.1, 0.15) is 5.82 Å². The lowest BCUT2D eigenvalue weighted by Crippen LogP contribution is -2.35. The number of aromatic nitrogens is 2. The third-order valence-electron chi connectivity index (χ3n) is 3.71. The van der Waals surface area contributed by atoms with Crippen molar-refractivity contribution in [2.45, 2.75) is 18.3 Å². The maximum Gasteiger partial charge on any atom is 0.123 e. The molecule has 0 aliphatic heterocycles. The van der Waals surface area contributed by atoms with E-state index < -0.39 is 5.41 Å². The van der Waals surface area contributed by atoms with Crippen LogP contribution in [0.3, 0.4) is 0 Å². The molecule has 20 heavy (non-hydrogen) atoms. The number of nitrogens with zero attached hydrogens (tertiary/aromatic N) is 2. The van der Waals surface area contributed by atoms with Crippen LogP contribution in [-0.4, -0.2) is 33.2 Å². The highest BCUT2D eigenvalue weighted by atomic mass is 19.1. The molecule has 0 fully saturated rings. The zero-order chi connectivity index (χ0) is 14.6. The molecule has 108 valence electrons. The summed E-state index contributed by atoms with van der Waals surface area (Å²) in [6, 6.07) is 5.93. The quantitative estimate of drug-likeness (QED) is 0.840. The van der Waals surface area contributed by atoms with E-state index in [9.17, 15) is 14.6 Å². The average molecular weight is 278 g/mol. The SMILES string of the molecule is Cn1cc(CCC(CO)(CO)c2ccc(F)cc2)cn1. The van der Waals surface area contributed by atoms with E-state index in [0.29, 0.717) is 12.8 Å². The van der Waals surface area contributed by atoms with E-state index in [1.54, 1.807) is 23.0 Å². The molecule has 2 rings (SSSR count). The molecule has 0 saturated heterocycles. The predicted octanol–water partition coefficient (Wildman–Crippen LogP) is 1.41. The third-order valence-corrected chi connectivity index (χ3v) is 3.71. The highest BCUT2D eigenvalue weighted by Crippen LogP contribution is 2.29. The molecule has 0 aliphatic rings. The third kappa shape index (κ3) is 3.05. The Labute approximate surface area is 117 Å². The molecule has 0 amide bonds. The van der Waals surface area contributed by atoms with Crippen molar-refractivity contribution in [3.63, 3.8) is 0 Å². The summed E-state index contributed by atoms with van der Waals surface area (Å²) < 4.78 is 14.7. The van der Waals surface area contributed by atoms with Gasteiger partial charge < -0.3 is 10.2 Å². The van der Waals surface area contributed by atoms with Gasteiger partial charge in [0, 0.05) is 18.7 Å². The zero-order valence-corrected chi connectivity index (χ0v) is 11.5. The van der Waals surface area contributed by atoms with E-state index in [1.807, 2.05) is 13.2 Å². The summed E-state index contributed by atoms with van der Waals surface area (Å²) in [5.41, 5.74) is 1.03. The Kier molecular flexibility index (Phi) is 4.52. The summed E-state index contributed by atoms with van der Waals surface area (Å²) in [4.78, 5) is 0. The number of hydrogen-bond acceptors (Lipinski definition) is 3. The molecule has 0 atom stereocenters. The van der Waals surface area contributed by atoms with Crippen molar-refractivity contribution in [3.8, 4) is 0 Å². The molecule has 0 aliphatic carbocycles. The molecule has 0 saturated carbocycles. The molecule has 0 unspecified atom stereocenters. The molecule has 4 nitrogen and oxygen atoms in total. The lowest BCUT2D eigenvalue weighted by Gasteiger charge is -2.30. The summed E-state index contributed by atoms with van der Waals surface area (Å²) in [6.45, 7) is -0.370. The van der Waals surface area contributed by atoms with Crippen LogP contribution in [0.15, 0.2) is 36.7 Å². The predicted molar refractivity (Wildman–Crippen MR) is 73.8 cm³/mol. The number of aryl methyl sites for hydroxylation is 2. The lowest BCUT2D eigenvalue weighted by molar-refractivity contribution is 0.109. The minimum atomic E-state index is -0.760. The summed E-state index contributed by atoms with van der Waals surface area (Å²) >= 11 is 0. The van der Waals surface area contributed by atoms with Crippen LogP contribution < -0.4 is 0 Å². The number of rotatable bonds is 6. The van der Waals surface area contributed by atoms with Crippen molar-refractivity contribution in [1.82, 2.24) is 9.78 Å². The maximum atomic E-state index is 13.0. The number of hydrogen-bond donors (Lipinski definition) is 2. The Balaban J connectivity index is 2.18. The largest absolute Gasteiger partial charge is 0.395 e. The first-order valence-electron chi connectivity index (χ1n) is 6.55. The van der Waals surface area contributed by atoms with Gasteiger partial charge in [0.2, 0.25) is 0 Å². The van der Waals surface area contributed by atoms with Crippen LogP contribution >= 0.6 is 0 Å². The van der Waals surface area contributed by atoms with Gasteiger partial charge in [-0.25, -0.2) is 4.39 Å². The molecule has 5 heteroatoms. The van der Waals surface area contributed by atoms with Crippen molar-refractivity contribution in [2.24, 2.45) is 7.05 Å². The molecule has 2 aromatic rings. The van der Waals surface area contributed by atoms with Gasteiger partial charge in [-0.3, -0.25) is 4.68 Å². The second kappa shape index (κ2) is 6.15. The van der Waals surface area contributed by atoms with Gasteiger partial charge in [-0.1, -0.05) is 12.1 Å². The highest BCUT2D eigenvalue weighted by molar-refractivity contribution is 5.27. The van der Waals surface area contributed by atoms with Crippen LogP contribution in [0.2, 0.25) is 0 Å². The molecular formula is C15H19FN2O2. The summed E-state index contributed by atoms with van der Waals surface area (Å²) in [5.74, 6) is -0.328. The van der Waals surface area contributed by atoms with Crippen LogP contribution in [0.25, 0.3) is 0 Å². The number of aliphatic hydroxyl groups excluding tert-OH is 2. The van der Waals surface area contributed by atoms with Gasteiger partial charge >= 0.3 is 0 Å². The zero-order valence-electron chi connectivity index (χ0n) is 11.5. The maximum absolute atomic E-state index is 13.0. The average Bonchev–Trinajstić information content (AvgIpc) is 2.88. The molecule has 1 heterocycles. The second-order valence-corrected chi connectivity index (χ2v) is 5.13. The minimum Gasteiger partial charge on any atom is -0.395 e. The van der Waals surface area contributed by atoms with Crippen LogP contribution in [0.1, 0.15) is 17.5 Å². The number of halogens is 1. The molecule has 1 aromatic heterocycles. The van der Waals surface area contributed by atoms with Crippen molar-refractivity contribution in [1.29, 1.82) is 0 Å². The summed E-state index contributed by atoms with van der Waals surface area (Å²) in [7, 11) is 1.84. The highest BCUT2D eigenvalue weighted by Gasteiger charge is 2.30. The van der Waals surface area contributed by atoms with Crippen molar-refractivity contribution < 1.29 is 14.6 Å². The van der Waals surface area contributed by atoms with Gasteiger partial charge in [-0.15, -0.1) is 0 Å². The Morgan fingerprint density at radius 1 is 1.20 bits per heavy atom. The standard InChI is InChI=1S/C15H19FN2O2/c1-18-9-12(8-17-18)6-7-15(10-19,11-20)13-2-4-14(16)5-3-13/h2-5,8-9,19-20H,6-7,10-11H2,1H3. The van der Waals surface area contributed by atoms with Gasteiger partial charge in [0.25, 0.3) is 0 Å². The molecule has 0 spiro atoms. The van der Waals surface area contributed by atoms with Gasteiger partial charge in [-0.05, 0) is 36.1 Å². The van der Waals surface area contributed by atoms with Gasteiger partial charge in [-0.2, -0.15) is 5.10 Å². The van der Waals surface area contributed by atoms with Crippen LogP contribution in [0.5, 0.6) is 0 Å². The molecule has 0 bridgehead atoms. The Morgan fingerprint density at radius 2 is 1.85 bits per heavy atom. The second-order valence-electron chi connectivity index (χ2n) is 5.13. The fraction of sp³-hybridized carbons (Fsp3) is 0.400. The molecule has 0 radical (unpaired) electrons. The number of benzene rings is 1. The Morgan fingerprint density at radius 3 is 2.35 bits per heavy atom. The first-order valence-corrected chi connectivity index (χ1v) is 6.55. The Hall–Kier alpha value is -1.72. The van der Waals surface area contributed by atoms with Crippen LogP contribution in [-0.2, 0) is 18.9 Å². The van der Waals surface area contributed by atoms with E-state index in [4.69, 9.17) is 0 Å². The first kappa shape index (κ1) is 14.7. The van der Waals surface area contributed by atoms with Crippen molar-refractivity contribution in [3.05, 3.63) is 53.6 Å². The Bertz CT molecular complexity index is 547. The van der Waals surface area contributed by atoms with Crippen molar-refractivity contribution >= 4 is 0 Å². The van der Waals surface area contributed by atoms with Gasteiger partial charge in [0.05, 0.1) is 19.4 Å². The smallest absolute Gasteiger partial charge is 0.123 e. The summed E-state index contributed by atoms with van der Waals surface area (Å²) in [5, 5.41) is 23.5. The molecular weight excluding hydrogens is 259 g/mol. The number of aliphatic hydroxyl groups is 2. The minimum absolute atomic E-state index is 0.185. The van der Waals surface area contributed by atoms with E-state index in [2.05, 4.69) is 5.10 Å². The van der Waals surface area contributed by atoms with Crippen LogP contribution in [0, 0.1) is 5.82 Å². The van der Waals surface area contributed by atoms with E-state index >= 15 is 0 Å². The van der Waals surface area contributed by atoms with E-state index in [-0.39, 0.29) is 19.0 Å². The van der Waals surface area contributed by atoms with E-state index in [0.717, 1.165) is 11.1 Å². The fourth-order valence-electron chi connectivity index (χ4n) is 2.32. The monoisotopic (exact) mass is 278 g/mol. The van der Waals surface area contributed by atoms with Crippen molar-refractivity contribution in [2.75, 3.05) is 13.2 Å². The topological polar surface area (TPSA) is 58.3 Å². The normalized spacial score (nSPS) is 11.8. The summed E-state index contributed by atoms with van der Waals surface area (Å²) in [6.07, 6.45) is 4.93. The van der Waals surface area contributed by atoms with Crippen LogP contribution in [0.4, 0.5) is 4.39 Å². The molecule has 1 aromatic carbocycles. The lowest BCUT2D eigenvalue weighted by atomic mass is 9.77. The fourth-order valence-corrected chi connectivity index (χ4v) is 2.32. The molecule has 2 N–H and O–H groups in total. The van der Waals surface area contributed by atoms with Gasteiger partial charge in [0.15, 0.2) is 0 Å². The first-order chi connectivity index (χ1) is 9.59.